The highest BCUT2D eigenvalue weighted by molar-refractivity contribution is 5.95. The van der Waals surface area contributed by atoms with Crippen LogP contribution in [0.25, 0.3) is 11.3 Å². The highest BCUT2D eigenvalue weighted by Crippen LogP contribution is 2.26. The summed E-state index contributed by atoms with van der Waals surface area (Å²) in [5.74, 6) is 0.119. The van der Waals surface area contributed by atoms with E-state index in [9.17, 15) is 22.8 Å². The molecule has 0 atom stereocenters. The van der Waals surface area contributed by atoms with E-state index in [0.717, 1.165) is 25.7 Å². The molecule has 17 heteroatoms. The second kappa shape index (κ2) is 25.7. The number of aromatic nitrogens is 2. The van der Waals surface area contributed by atoms with Gasteiger partial charge in [0.2, 0.25) is 5.91 Å². The zero-order valence-electron chi connectivity index (χ0n) is 31.5. The lowest BCUT2D eigenvalue weighted by Gasteiger charge is -2.20. The molecule has 0 bridgehead atoms. The number of nitrogens with zero attached hydrogens (tertiary/aromatic N) is 2. The Labute approximate surface area is 325 Å². The van der Waals surface area contributed by atoms with Crippen LogP contribution in [0.5, 0.6) is 5.75 Å². The summed E-state index contributed by atoms with van der Waals surface area (Å²) in [7, 11) is 0. The number of nitrogens with one attached hydrogen (secondary N) is 3. The van der Waals surface area contributed by atoms with Gasteiger partial charge in [-0.1, -0.05) is 31.4 Å². The molecule has 2 amide bonds. The van der Waals surface area contributed by atoms with Gasteiger partial charge in [-0.25, -0.2) is 9.97 Å². The number of carbonyl (C=O) groups is 2. The highest BCUT2D eigenvalue weighted by atomic mass is 19.4. The Morgan fingerprint density at radius 1 is 0.661 bits per heavy atom. The van der Waals surface area contributed by atoms with Crippen LogP contribution in [0.15, 0.2) is 60.9 Å². The summed E-state index contributed by atoms with van der Waals surface area (Å²) < 4.78 is 74.2. The van der Waals surface area contributed by atoms with E-state index in [1.165, 1.54) is 37.0 Å². The molecule has 2 aromatic carbocycles. The second-order valence-corrected chi connectivity index (χ2v) is 12.6. The third kappa shape index (κ3) is 18.5. The molecule has 1 heterocycles. The lowest BCUT2D eigenvalue weighted by molar-refractivity contribution is -0.274. The minimum atomic E-state index is -4.77. The third-order valence-corrected chi connectivity index (χ3v) is 8.36. The van der Waals surface area contributed by atoms with Gasteiger partial charge in [0.25, 0.3) is 5.91 Å². The average molecular weight is 792 g/mol. The topological polar surface area (TPSA) is 161 Å². The van der Waals surface area contributed by atoms with Crippen molar-refractivity contribution in [1.82, 2.24) is 20.6 Å². The van der Waals surface area contributed by atoms with Crippen molar-refractivity contribution < 1.29 is 55.9 Å². The number of hydrogen-bond acceptors (Lipinski definition) is 12. The van der Waals surface area contributed by atoms with E-state index < -0.39 is 6.36 Å². The number of benzene rings is 2. The largest absolute Gasteiger partial charge is 0.573 e. The SMILES string of the molecule is O=C(NCCOCCOCCOCCOCCOCCOCCNC(=O)C1CCCCC1)c1cccc(-c2cc(Nc3ccc(OC(F)(F)F)cc3)ncn2)c1. The van der Waals surface area contributed by atoms with E-state index in [0.29, 0.717) is 121 Å². The van der Waals surface area contributed by atoms with E-state index in [1.54, 1.807) is 30.3 Å². The number of anilines is 2. The van der Waals surface area contributed by atoms with Crippen molar-refractivity contribution in [2.75, 3.05) is 97.7 Å². The van der Waals surface area contributed by atoms with Crippen LogP contribution in [0.4, 0.5) is 24.7 Å². The van der Waals surface area contributed by atoms with Gasteiger partial charge in [0.1, 0.15) is 17.9 Å². The summed E-state index contributed by atoms with van der Waals surface area (Å²) in [6.07, 6.45) is 2.08. The molecule has 1 aliphatic rings. The van der Waals surface area contributed by atoms with Gasteiger partial charge in [0, 0.05) is 41.9 Å². The average Bonchev–Trinajstić information content (AvgIpc) is 3.20. The number of carbonyl (C=O) groups excluding carboxylic acids is 2. The predicted molar refractivity (Wildman–Crippen MR) is 201 cm³/mol. The molecule has 0 radical (unpaired) electrons. The van der Waals surface area contributed by atoms with E-state index >= 15 is 0 Å². The maximum absolute atomic E-state index is 12.7. The highest BCUT2D eigenvalue weighted by Gasteiger charge is 2.31. The number of hydrogen-bond donors (Lipinski definition) is 3. The summed E-state index contributed by atoms with van der Waals surface area (Å²) in [6.45, 7) is 5.97. The molecule has 0 saturated heterocycles. The zero-order valence-corrected chi connectivity index (χ0v) is 31.5. The maximum atomic E-state index is 12.7. The Morgan fingerprint density at radius 3 is 1.79 bits per heavy atom. The summed E-state index contributed by atoms with van der Waals surface area (Å²) in [5, 5.41) is 8.79. The fourth-order valence-corrected chi connectivity index (χ4v) is 5.59. The van der Waals surface area contributed by atoms with Gasteiger partial charge in [-0.2, -0.15) is 0 Å². The Morgan fingerprint density at radius 2 is 1.21 bits per heavy atom. The maximum Gasteiger partial charge on any atom is 0.573 e. The molecule has 1 fully saturated rings. The van der Waals surface area contributed by atoms with Crippen LogP contribution in [0.1, 0.15) is 42.5 Å². The van der Waals surface area contributed by atoms with Gasteiger partial charge in [0.15, 0.2) is 0 Å². The van der Waals surface area contributed by atoms with Crippen molar-refractivity contribution in [1.29, 1.82) is 0 Å². The van der Waals surface area contributed by atoms with E-state index in [2.05, 4.69) is 30.7 Å². The number of ether oxygens (including phenoxy) is 7. The first kappa shape index (κ1) is 44.3. The number of amides is 2. The number of halogens is 3. The van der Waals surface area contributed by atoms with Crippen molar-refractivity contribution in [3.8, 4) is 17.0 Å². The normalized spacial score (nSPS) is 13.3. The molecule has 0 aliphatic heterocycles. The summed E-state index contributed by atoms with van der Waals surface area (Å²) in [5.41, 5.74) is 2.15. The molecule has 1 aliphatic carbocycles. The first-order chi connectivity index (χ1) is 27.3. The quantitative estimate of drug-likeness (QED) is 0.0856. The summed E-state index contributed by atoms with van der Waals surface area (Å²) in [4.78, 5) is 33.3. The second-order valence-electron chi connectivity index (χ2n) is 12.6. The van der Waals surface area contributed by atoms with Crippen molar-refractivity contribution in [2.45, 2.75) is 38.5 Å². The standard InChI is InChI=1S/C39H52F3N5O9/c40-39(41,42)56-34-11-9-33(10-12-34)47-36-28-35(45-29-46-36)31-7-4-8-32(27-31)38(49)44-14-16-51-18-20-53-22-24-55-26-25-54-23-21-52-19-17-50-15-13-43-37(48)30-5-2-1-3-6-30/h4,7-12,27-30H,1-3,5-6,13-26H2,(H,43,48)(H,44,49)(H,45,46,47). The van der Waals surface area contributed by atoms with Gasteiger partial charge in [-0.3, -0.25) is 9.59 Å². The molecule has 4 rings (SSSR count). The first-order valence-electron chi connectivity index (χ1n) is 18.8. The smallest absolute Gasteiger partial charge is 0.406 e. The molecule has 3 aromatic rings. The molecule has 308 valence electrons. The van der Waals surface area contributed by atoms with Crippen LogP contribution in [-0.4, -0.2) is 121 Å². The third-order valence-electron chi connectivity index (χ3n) is 8.36. The zero-order chi connectivity index (χ0) is 39.7. The number of rotatable bonds is 27. The van der Waals surface area contributed by atoms with Crippen LogP contribution in [0, 0.1) is 5.92 Å². The van der Waals surface area contributed by atoms with Crippen LogP contribution in [-0.2, 0) is 33.2 Å². The molecule has 1 aromatic heterocycles. The molecule has 14 nitrogen and oxygen atoms in total. The van der Waals surface area contributed by atoms with Crippen LogP contribution in [0.3, 0.4) is 0 Å². The van der Waals surface area contributed by atoms with Crippen molar-refractivity contribution >= 4 is 23.3 Å². The van der Waals surface area contributed by atoms with Gasteiger partial charge in [-0.05, 0) is 49.2 Å². The fourth-order valence-electron chi connectivity index (χ4n) is 5.59. The molecule has 0 unspecified atom stereocenters. The lowest BCUT2D eigenvalue weighted by Crippen LogP contribution is -2.34. The van der Waals surface area contributed by atoms with E-state index in [-0.39, 0.29) is 23.5 Å². The van der Waals surface area contributed by atoms with E-state index in [1.807, 2.05) is 0 Å². The van der Waals surface area contributed by atoms with Crippen LogP contribution in [0.2, 0.25) is 0 Å². The van der Waals surface area contributed by atoms with Gasteiger partial charge in [-0.15, -0.1) is 13.2 Å². The number of alkyl halides is 3. The first-order valence-corrected chi connectivity index (χ1v) is 18.8. The van der Waals surface area contributed by atoms with Crippen molar-refractivity contribution in [2.24, 2.45) is 5.92 Å². The molecule has 0 spiro atoms. The van der Waals surface area contributed by atoms with Crippen LogP contribution >= 0.6 is 0 Å². The Bertz CT molecular complexity index is 1560. The minimum Gasteiger partial charge on any atom is -0.406 e. The molecule has 56 heavy (non-hydrogen) atoms. The summed E-state index contributed by atoms with van der Waals surface area (Å²) in [6, 6.07) is 13.8. The van der Waals surface area contributed by atoms with Gasteiger partial charge < -0.3 is 49.1 Å². The predicted octanol–water partition coefficient (Wildman–Crippen LogP) is 5.31. The van der Waals surface area contributed by atoms with Crippen molar-refractivity contribution in [3.63, 3.8) is 0 Å². The Kier molecular flexibility index (Phi) is 20.3. The monoisotopic (exact) mass is 791 g/mol. The van der Waals surface area contributed by atoms with Gasteiger partial charge in [0.05, 0.1) is 85.0 Å². The lowest BCUT2D eigenvalue weighted by atomic mass is 9.89. The fraction of sp³-hybridized carbons (Fsp3) is 0.538. The van der Waals surface area contributed by atoms with Crippen LogP contribution < -0.4 is 20.7 Å². The van der Waals surface area contributed by atoms with Crippen molar-refractivity contribution in [3.05, 3.63) is 66.5 Å². The van der Waals surface area contributed by atoms with E-state index in [4.69, 9.17) is 28.4 Å². The molecular weight excluding hydrogens is 739 g/mol. The summed E-state index contributed by atoms with van der Waals surface area (Å²) >= 11 is 0. The Balaban J connectivity index is 0.937. The minimum absolute atomic E-state index is 0.149. The molecule has 1 saturated carbocycles. The van der Waals surface area contributed by atoms with Gasteiger partial charge >= 0.3 is 6.36 Å². The Hall–Kier alpha value is -4.39. The molecule has 3 N–H and O–H groups in total. The molecular formula is C39H52F3N5O9.